The number of phenols is 1. The van der Waals surface area contributed by atoms with E-state index in [4.69, 9.17) is 4.74 Å². The van der Waals surface area contributed by atoms with E-state index < -0.39 is 0 Å². The van der Waals surface area contributed by atoms with Crippen LogP contribution in [0, 0.1) is 5.92 Å². The van der Waals surface area contributed by atoms with Gasteiger partial charge in [0.2, 0.25) is 5.91 Å². The van der Waals surface area contributed by atoms with Crippen molar-refractivity contribution in [3.05, 3.63) is 59.9 Å². The zero-order valence-corrected chi connectivity index (χ0v) is 13.5. The summed E-state index contributed by atoms with van der Waals surface area (Å²) < 4.78 is 5.56. The molecule has 0 unspecified atom stereocenters. The molecule has 1 aromatic heterocycles. The van der Waals surface area contributed by atoms with Crippen molar-refractivity contribution in [3.8, 4) is 5.75 Å². The Labute approximate surface area is 141 Å². The molecule has 0 saturated carbocycles. The van der Waals surface area contributed by atoms with Crippen LogP contribution in [0.5, 0.6) is 5.75 Å². The molecule has 0 radical (unpaired) electrons. The maximum atomic E-state index is 12.2. The van der Waals surface area contributed by atoms with Crippen LogP contribution in [-0.4, -0.2) is 35.3 Å². The van der Waals surface area contributed by atoms with Crippen molar-refractivity contribution in [3.63, 3.8) is 0 Å². The Morgan fingerprint density at radius 1 is 1.21 bits per heavy atom. The number of nitrogens with zero attached hydrogens (tertiary/aromatic N) is 1. The fourth-order valence-electron chi connectivity index (χ4n) is 3.03. The van der Waals surface area contributed by atoms with Gasteiger partial charge in [0.05, 0.1) is 19.3 Å². The summed E-state index contributed by atoms with van der Waals surface area (Å²) in [5, 5.41) is 12.6. The topological polar surface area (TPSA) is 71.5 Å². The lowest BCUT2D eigenvalue weighted by Gasteiger charge is -2.19. The Balaban J connectivity index is 1.49. The third-order valence-electron chi connectivity index (χ3n) is 4.34. The van der Waals surface area contributed by atoms with Crippen LogP contribution in [0.1, 0.15) is 17.5 Å². The second-order valence-corrected chi connectivity index (χ2v) is 6.20. The number of phenolic OH excluding ortho intramolecular Hbond substituents is 1. The molecule has 2 aromatic rings. The van der Waals surface area contributed by atoms with E-state index >= 15 is 0 Å². The van der Waals surface area contributed by atoms with Gasteiger partial charge in [0.15, 0.2) is 0 Å². The summed E-state index contributed by atoms with van der Waals surface area (Å²) in [5.74, 6) is 0.542. The molecular weight excluding hydrogens is 304 g/mol. The highest BCUT2D eigenvalue weighted by Gasteiger charge is 2.29. The molecule has 3 rings (SSSR count). The zero-order valence-electron chi connectivity index (χ0n) is 13.5. The number of carbonyl (C=O) groups excluding carboxylic acids is 1. The first-order valence-electron chi connectivity index (χ1n) is 8.24. The fourth-order valence-corrected chi connectivity index (χ4v) is 3.03. The molecule has 1 saturated heterocycles. The minimum absolute atomic E-state index is 0.0218. The van der Waals surface area contributed by atoms with E-state index in [1.54, 1.807) is 30.6 Å². The van der Waals surface area contributed by atoms with Gasteiger partial charge in [0.25, 0.3) is 0 Å². The highest BCUT2D eigenvalue weighted by molar-refractivity contribution is 5.76. The number of ether oxygens (including phenoxy) is 1. The minimum Gasteiger partial charge on any atom is -0.508 e. The number of rotatable bonds is 6. The summed E-state index contributed by atoms with van der Waals surface area (Å²) in [6.45, 7) is 1.23. The van der Waals surface area contributed by atoms with E-state index in [1.807, 2.05) is 18.2 Å². The van der Waals surface area contributed by atoms with Crippen molar-refractivity contribution in [2.75, 3.05) is 13.2 Å². The molecule has 24 heavy (non-hydrogen) atoms. The number of pyridine rings is 1. The summed E-state index contributed by atoms with van der Waals surface area (Å²) >= 11 is 0. The Kier molecular flexibility index (Phi) is 5.43. The molecule has 1 amide bonds. The Bertz CT molecular complexity index is 675. The predicted octanol–water partition coefficient (Wildman–Crippen LogP) is 2.09. The van der Waals surface area contributed by atoms with Crippen LogP contribution in [-0.2, 0) is 22.4 Å². The summed E-state index contributed by atoms with van der Waals surface area (Å²) in [6, 6.07) is 11.1. The molecule has 1 fully saturated rings. The summed E-state index contributed by atoms with van der Waals surface area (Å²) in [4.78, 5) is 16.2. The zero-order chi connectivity index (χ0) is 16.8. The predicted molar refractivity (Wildman–Crippen MR) is 90.6 cm³/mol. The maximum absolute atomic E-state index is 12.2. The lowest BCUT2D eigenvalue weighted by Crippen LogP contribution is -2.40. The largest absolute Gasteiger partial charge is 0.508 e. The summed E-state index contributed by atoms with van der Waals surface area (Å²) in [5.41, 5.74) is 2.17. The van der Waals surface area contributed by atoms with Gasteiger partial charge in [-0.3, -0.25) is 9.78 Å². The van der Waals surface area contributed by atoms with Crippen LogP contribution < -0.4 is 5.32 Å². The molecule has 5 nitrogen and oxygen atoms in total. The van der Waals surface area contributed by atoms with Gasteiger partial charge in [-0.15, -0.1) is 0 Å². The Hall–Kier alpha value is -2.40. The van der Waals surface area contributed by atoms with E-state index in [9.17, 15) is 9.90 Å². The SMILES string of the molecule is O=C(CCc1cccc(O)c1)N[C@H]1COC[C@H]1Cc1ccncc1. The number of benzene rings is 1. The van der Waals surface area contributed by atoms with Crippen LogP contribution in [0.4, 0.5) is 0 Å². The van der Waals surface area contributed by atoms with Gasteiger partial charge in [-0.25, -0.2) is 0 Å². The maximum Gasteiger partial charge on any atom is 0.220 e. The average molecular weight is 326 g/mol. The molecule has 0 spiro atoms. The van der Waals surface area contributed by atoms with Crippen molar-refractivity contribution >= 4 is 5.91 Å². The summed E-state index contributed by atoms with van der Waals surface area (Å²) in [7, 11) is 0. The van der Waals surface area contributed by atoms with Gasteiger partial charge >= 0.3 is 0 Å². The molecule has 2 N–H and O–H groups in total. The third-order valence-corrected chi connectivity index (χ3v) is 4.34. The van der Waals surface area contributed by atoms with Gasteiger partial charge in [-0.1, -0.05) is 12.1 Å². The number of amides is 1. The van der Waals surface area contributed by atoms with Crippen LogP contribution >= 0.6 is 0 Å². The van der Waals surface area contributed by atoms with Crippen molar-refractivity contribution in [2.24, 2.45) is 5.92 Å². The van der Waals surface area contributed by atoms with E-state index in [2.05, 4.69) is 10.3 Å². The Morgan fingerprint density at radius 2 is 2.04 bits per heavy atom. The number of carbonyl (C=O) groups is 1. The van der Waals surface area contributed by atoms with Crippen LogP contribution in [0.15, 0.2) is 48.8 Å². The van der Waals surface area contributed by atoms with E-state index in [-0.39, 0.29) is 23.6 Å². The van der Waals surface area contributed by atoms with Crippen molar-refractivity contribution in [1.82, 2.24) is 10.3 Å². The van der Waals surface area contributed by atoms with Gasteiger partial charge in [0, 0.05) is 24.7 Å². The number of aromatic nitrogens is 1. The van der Waals surface area contributed by atoms with Gasteiger partial charge < -0.3 is 15.2 Å². The molecule has 2 atom stereocenters. The van der Waals surface area contributed by atoms with Gasteiger partial charge in [-0.2, -0.15) is 0 Å². The lowest BCUT2D eigenvalue weighted by molar-refractivity contribution is -0.122. The van der Waals surface area contributed by atoms with Crippen LogP contribution in [0.2, 0.25) is 0 Å². The van der Waals surface area contributed by atoms with Gasteiger partial charge in [-0.05, 0) is 48.2 Å². The lowest BCUT2D eigenvalue weighted by atomic mass is 9.95. The number of aryl methyl sites for hydroxylation is 1. The van der Waals surface area contributed by atoms with Crippen molar-refractivity contribution in [1.29, 1.82) is 0 Å². The molecule has 1 aliphatic rings. The van der Waals surface area contributed by atoms with Crippen LogP contribution in [0.3, 0.4) is 0 Å². The third kappa shape index (κ3) is 4.55. The first-order chi connectivity index (χ1) is 11.7. The van der Waals surface area contributed by atoms with E-state index in [0.717, 1.165) is 12.0 Å². The quantitative estimate of drug-likeness (QED) is 0.853. The normalized spacial score (nSPS) is 20.0. The fraction of sp³-hybridized carbons (Fsp3) is 0.368. The molecule has 0 bridgehead atoms. The molecular formula is C19H22N2O3. The first kappa shape index (κ1) is 16.5. The van der Waals surface area contributed by atoms with Crippen molar-refractivity contribution in [2.45, 2.75) is 25.3 Å². The standard InChI is InChI=1S/C19H22N2O3/c22-17-3-1-2-14(11-17)4-5-19(23)21-18-13-24-12-16(18)10-15-6-8-20-9-7-15/h1-3,6-9,11,16,18,22H,4-5,10,12-13H2,(H,21,23)/t16-,18+/m1/s1. The summed E-state index contributed by atoms with van der Waals surface area (Å²) in [6.07, 6.45) is 5.47. The van der Waals surface area contributed by atoms with E-state index in [1.165, 1.54) is 5.56 Å². The molecule has 5 heteroatoms. The monoisotopic (exact) mass is 326 g/mol. The molecule has 1 aromatic carbocycles. The van der Waals surface area contributed by atoms with Crippen molar-refractivity contribution < 1.29 is 14.6 Å². The number of aromatic hydroxyl groups is 1. The van der Waals surface area contributed by atoms with Gasteiger partial charge in [0.1, 0.15) is 5.75 Å². The smallest absolute Gasteiger partial charge is 0.220 e. The first-order valence-corrected chi connectivity index (χ1v) is 8.24. The highest BCUT2D eigenvalue weighted by Crippen LogP contribution is 2.19. The Morgan fingerprint density at radius 3 is 2.83 bits per heavy atom. The molecule has 1 aliphatic heterocycles. The molecule has 0 aliphatic carbocycles. The van der Waals surface area contributed by atoms with E-state index in [0.29, 0.717) is 26.1 Å². The highest BCUT2D eigenvalue weighted by atomic mass is 16.5. The average Bonchev–Trinajstić information content (AvgIpc) is 3.01. The molecule has 2 heterocycles. The number of hydrogen-bond donors (Lipinski definition) is 2. The second kappa shape index (κ2) is 7.93. The molecule has 126 valence electrons. The number of hydrogen-bond acceptors (Lipinski definition) is 4. The second-order valence-electron chi connectivity index (χ2n) is 6.20. The number of nitrogens with one attached hydrogen (secondary N) is 1. The minimum atomic E-state index is 0.0218. The van der Waals surface area contributed by atoms with Crippen LogP contribution in [0.25, 0.3) is 0 Å².